The zero-order valence-electron chi connectivity index (χ0n) is 10.8. The minimum absolute atomic E-state index is 0.0589. The fourth-order valence-electron chi connectivity index (χ4n) is 2.69. The maximum absolute atomic E-state index is 12.3. The highest BCUT2D eigenvalue weighted by Crippen LogP contribution is 2.27. The first-order valence-corrected chi connectivity index (χ1v) is 6.87. The first-order chi connectivity index (χ1) is 8.75. The Morgan fingerprint density at radius 2 is 1.94 bits per heavy atom. The molecule has 1 aromatic rings. The average molecular weight is 244 g/mol. The number of likely N-dealkylation sites (tertiary alicyclic amines) is 1. The monoisotopic (exact) mass is 244 g/mol. The molecule has 0 radical (unpaired) electrons. The molecule has 3 nitrogen and oxygen atoms in total. The second-order valence-corrected chi connectivity index (χ2v) is 5.40. The molecule has 2 aliphatic rings. The summed E-state index contributed by atoms with van der Waals surface area (Å²) < 4.78 is 0. The smallest absolute Gasteiger partial charge is 0.240 e. The van der Waals surface area contributed by atoms with Crippen LogP contribution in [-0.4, -0.2) is 29.4 Å². The average Bonchev–Trinajstić information content (AvgIpc) is 3.15. The van der Waals surface area contributed by atoms with Gasteiger partial charge < -0.3 is 10.2 Å². The van der Waals surface area contributed by atoms with E-state index in [0.717, 1.165) is 13.0 Å². The van der Waals surface area contributed by atoms with Gasteiger partial charge in [-0.05, 0) is 31.7 Å². The Bertz CT molecular complexity index is 427. The third kappa shape index (κ3) is 2.27. The summed E-state index contributed by atoms with van der Waals surface area (Å²) in [6.07, 6.45) is 3.42. The minimum atomic E-state index is 0.0589. The normalized spacial score (nSPS) is 25.5. The summed E-state index contributed by atoms with van der Waals surface area (Å²) in [6, 6.07) is 11.1. The van der Waals surface area contributed by atoms with Gasteiger partial charge in [0.05, 0.1) is 12.1 Å². The SMILES string of the molecule is CC(c1ccccc1)N1CCC(NC2CC2)C1=O. The molecule has 1 saturated heterocycles. The molecule has 18 heavy (non-hydrogen) atoms. The third-order valence-electron chi connectivity index (χ3n) is 4.00. The van der Waals surface area contributed by atoms with Crippen LogP contribution in [0.25, 0.3) is 0 Å². The van der Waals surface area contributed by atoms with Crippen molar-refractivity contribution in [3.05, 3.63) is 35.9 Å². The van der Waals surface area contributed by atoms with E-state index < -0.39 is 0 Å². The Balaban J connectivity index is 1.67. The maximum atomic E-state index is 12.3. The number of benzene rings is 1. The highest BCUT2D eigenvalue weighted by Gasteiger charge is 2.37. The molecule has 2 fully saturated rings. The Kier molecular flexibility index (Phi) is 3.08. The molecule has 96 valence electrons. The molecule has 1 aliphatic heterocycles. The molecule has 0 bridgehead atoms. The molecule has 1 heterocycles. The number of amides is 1. The molecule has 1 aliphatic carbocycles. The zero-order chi connectivity index (χ0) is 12.5. The molecular formula is C15H20N2O. The summed E-state index contributed by atoms with van der Waals surface area (Å²) in [5.41, 5.74) is 1.22. The standard InChI is InChI=1S/C15H20N2O/c1-11(12-5-3-2-4-6-12)17-10-9-14(15(17)18)16-13-7-8-13/h2-6,11,13-14,16H,7-10H2,1H3. The van der Waals surface area contributed by atoms with Gasteiger partial charge in [-0.2, -0.15) is 0 Å². The van der Waals surface area contributed by atoms with E-state index in [1.165, 1.54) is 18.4 Å². The molecule has 3 heteroatoms. The number of carbonyl (C=O) groups excluding carboxylic acids is 1. The van der Waals surface area contributed by atoms with Gasteiger partial charge in [0.15, 0.2) is 0 Å². The molecule has 3 rings (SSSR count). The van der Waals surface area contributed by atoms with Gasteiger partial charge in [0, 0.05) is 12.6 Å². The summed E-state index contributed by atoms with van der Waals surface area (Å²) in [7, 11) is 0. The van der Waals surface area contributed by atoms with Gasteiger partial charge in [0.2, 0.25) is 5.91 Å². The van der Waals surface area contributed by atoms with E-state index in [2.05, 4.69) is 24.4 Å². The molecule has 1 aromatic carbocycles. The van der Waals surface area contributed by atoms with Crippen LogP contribution in [0.15, 0.2) is 30.3 Å². The van der Waals surface area contributed by atoms with E-state index in [0.29, 0.717) is 6.04 Å². The van der Waals surface area contributed by atoms with E-state index in [1.54, 1.807) is 0 Å². The highest BCUT2D eigenvalue weighted by molar-refractivity contribution is 5.84. The fraction of sp³-hybridized carbons (Fsp3) is 0.533. The van der Waals surface area contributed by atoms with Gasteiger partial charge in [-0.25, -0.2) is 0 Å². The van der Waals surface area contributed by atoms with Crippen LogP contribution >= 0.6 is 0 Å². The Morgan fingerprint density at radius 1 is 1.22 bits per heavy atom. The number of nitrogens with zero attached hydrogens (tertiary/aromatic N) is 1. The predicted molar refractivity (Wildman–Crippen MR) is 71.1 cm³/mol. The van der Waals surface area contributed by atoms with E-state index in [4.69, 9.17) is 0 Å². The van der Waals surface area contributed by atoms with Crippen LogP contribution in [-0.2, 0) is 4.79 Å². The third-order valence-corrected chi connectivity index (χ3v) is 4.00. The molecule has 2 unspecified atom stereocenters. The zero-order valence-corrected chi connectivity index (χ0v) is 10.8. The lowest BCUT2D eigenvalue weighted by atomic mass is 10.1. The topological polar surface area (TPSA) is 32.3 Å². The second kappa shape index (κ2) is 4.73. The van der Waals surface area contributed by atoms with E-state index in [9.17, 15) is 4.79 Å². The summed E-state index contributed by atoms with van der Waals surface area (Å²) in [5, 5.41) is 3.45. The number of rotatable bonds is 4. The number of hydrogen-bond acceptors (Lipinski definition) is 2. The Morgan fingerprint density at radius 3 is 2.61 bits per heavy atom. The molecule has 1 amide bonds. The Hall–Kier alpha value is -1.35. The van der Waals surface area contributed by atoms with E-state index in [1.807, 2.05) is 23.1 Å². The van der Waals surface area contributed by atoms with Gasteiger partial charge in [-0.1, -0.05) is 30.3 Å². The van der Waals surface area contributed by atoms with Gasteiger partial charge in [-0.15, -0.1) is 0 Å². The van der Waals surface area contributed by atoms with E-state index in [-0.39, 0.29) is 18.0 Å². The second-order valence-electron chi connectivity index (χ2n) is 5.40. The van der Waals surface area contributed by atoms with Crippen molar-refractivity contribution >= 4 is 5.91 Å². The lowest BCUT2D eigenvalue weighted by Crippen LogP contribution is -2.40. The first-order valence-electron chi connectivity index (χ1n) is 6.87. The van der Waals surface area contributed by atoms with Crippen molar-refractivity contribution in [3.63, 3.8) is 0 Å². The van der Waals surface area contributed by atoms with Crippen LogP contribution in [0.4, 0.5) is 0 Å². The minimum Gasteiger partial charge on any atom is -0.335 e. The van der Waals surface area contributed by atoms with Crippen molar-refractivity contribution < 1.29 is 4.79 Å². The molecule has 0 aromatic heterocycles. The van der Waals surface area contributed by atoms with Gasteiger partial charge in [0.25, 0.3) is 0 Å². The van der Waals surface area contributed by atoms with Crippen molar-refractivity contribution in [3.8, 4) is 0 Å². The van der Waals surface area contributed by atoms with Crippen molar-refractivity contribution in [2.24, 2.45) is 0 Å². The van der Waals surface area contributed by atoms with Crippen LogP contribution in [0.1, 0.15) is 37.8 Å². The van der Waals surface area contributed by atoms with Crippen molar-refractivity contribution in [1.82, 2.24) is 10.2 Å². The molecule has 0 spiro atoms. The van der Waals surface area contributed by atoms with Crippen molar-refractivity contribution in [1.29, 1.82) is 0 Å². The lowest BCUT2D eigenvalue weighted by Gasteiger charge is -2.25. The maximum Gasteiger partial charge on any atom is 0.240 e. The highest BCUT2D eigenvalue weighted by atomic mass is 16.2. The molecule has 2 atom stereocenters. The van der Waals surface area contributed by atoms with E-state index >= 15 is 0 Å². The number of nitrogens with one attached hydrogen (secondary N) is 1. The fourth-order valence-corrected chi connectivity index (χ4v) is 2.69. The van der Waals surface area contributed by atoms with Crippen LogP contribution in [0.3, 0.4) is 0 Å². The van der Waals surface area contributed by atoms with Crippen molar-refractivity contribution in [2.75, 3.05) is 6.54 Å². The van der Waals surface area contributed by atoms with Gasteiger partial charge in [-0.3, -0.25) is 4.79 Å². The van der Waals surface area contributed by atoms with Crippen LogP contribution in [0.5, 0.6) is 0 Å². The van der Waals surface area contributed by atoms with Gasteiger partial charge in [0.1, 0.15) is 0 Å². The summed E-state index contributed by atoms with van der Waals surface area (Å²) in [5.74, 6) is 0.276. The van der Waals surface area contributed by atoms with Crippen LogP contribution < -0.4 is 5.32 Å². The lowest BCUT2D eigenvalue weighted by molar-refractivity contribution is -0.131. The predicted octanol–water partition coefficient (Wildman–Crippen LogP) is 2.10. The molecule has 1 N–H and O–H groups in total. The summed E-state index contributed by atoms with van der Waals surface area (Å²) in [6.45, 7) is 2.99. The number of carbonyl (C=O) groups is 1. The summed E-state index contributed by atoms with van der Waals surface area (Å²) >= 11 is 0. The molecule has 1 saturated carbocycles. The molecular weight excluding hydrogens is 224 g/mol. The van der Waals surface area contributed by atoms with Crippen LogP contribution in [0, 0.1) is 0 Å². The first kappa shape index (κ1) is 11.7. The Labute approximate surface area is 108 Å². The largest absolute Gasteiger partial charge is 0.335 e. The quantitative estimate of drug-likeness (QED) is 0.879. The van der Waals surface area contributed by atoms with Crippen molar-refractivity contribution in [2.45, 2.75) is 44.3 Å². The number of hydrogen-bond donors (Lipinski definition) is 1. The van der Waals surface area contributed by atoms with Gasteiger partial charge >= 0.3 is 0 Å². The van der Waals surface area contributed by atoms with Crippen LogP contribution in [0.2, 0.25) is 0 Å². The summed E-state index contributed by atoms with van der Waals surface area (Å²) in [4.78, 5) is 14.4.